The lowest BCUT2D eigenvalue weighted by Crippen LogP contribution is -2.36. The van der Waals surface area contributed by atoms with Crippen LogP contribution in [-0.2, 0) is 13.0 Å². The SMILES string of the molecule is O=C(c1ccc2ccccc2c1)N1CCc2ncncc2C1. The minimum atomic E-state index is 0.0697. The van der Waals surface area contributed by atoms with Gasteiger partial charge in [0.1, 0.15) is 6.33 Å². The Hall–Kier alpha value is -2.75. The van der Waals surface area contributed by atoms with Crippen LogP contribution < -0.4 is 0 Å². The molecule has 1 amide bonds. The number of hydrogen-bond acceptors (Lipinski definition) is 3. The predicted octanol–water partition coefficient (Wildman–Crippen LogP) is 2.83. The number of carbonyl (C=O) groups is 1. The summed E-state index contributed by atoms with van der Waals surface area (Å²) in [6.07, 6.45) is 4.17. The van der Waals surface area contributed by atoms with Crippen LogP contribution in [0, 0.1) is 0 Å². The highest BCUT2D eigenvalue weighted by Gasteiger charge is 2.22. The van der Waals surface area contributed by atoms with Crippen molar-refractivity contribution in [2.24, 2.45) is 0 Å². The Kier molecular flexibility index (Phi) is 3.07. The minimum absolute atomic E-state index is 0.0697. The summed E-state index contributed by atoms with van der Waals surface area (Å²) in [4.78, 5) is 22.9. The number of rotatable bonds is 1. The Morgan fingerprint density at radius 1 is 1.09 bits per heavy atom. The molecule has 0 spiro atoms. The molecule has 2 aromatic carbocycles. The number of carbonyl (C=O) groups excluding carboxylic acids is 1. The zero-order chi connectivity index (χ0) is 14.9. The molecule has 1 aromatic heterocycles. The number of nitrogens with zero attached hydrogens (tertiary/aromatic N) is 3. The monoisotopic (exact) mass is 289 g/mol. The molecule has 0 N–H and O–H groups in total. The number of amides is 1. The van der Waals surface area contributed by atoms with E-state index in [1.807, 2.05) is 47.5 Å². The molecule has 0 unspecified atom stereocenters. The number of aromatic nitrogens is 2. The molecule has 0 saturated carbocycles. The molecule has 1 aliphatic heterocycles. The Morgan fingerprint density at radius 3 is 2.86 bits per heavy atom. The van der Waals surface area contributed by atoms with E-state index in [-0.39, 0.29) is 5.91 Å². The molecule has 4 nitrogen and oxygen atoms in total. The van der Waals surface area contributed by atoms with Crippen molar-refractivity contribution in [3.05, 3.63) is 71.8 Å². The van der Waals surface area contributed by atoms with Crippen molar-refractivity contribution < 1.29 is 4.79 Å². The molecule has 108 valence electrons. The summed E-state index contributed by atoms with van der Waals surface area (Å²) < 4.78 is 0. The fraction of sp³-hybridized carbons (Fsp3) is 0.167. The van der Waals surface area contributed by atoms with Gasteiger partial charge in [-0.1, -0.05) is 30.3 Å². The molecule has 0 aliphatic carbocycles. The van der Waals surface area contributed by atoms with E-state index in [0.29, 0.717) is 13.1 Å². The van der Waals surface area contributed by atoms with Crippen LogP contribution >= 0.6 is 0 Å². The quantitative estimate of drug-likeness (QED) is 0.692. The zero-order valence-corrected chi connectivity index (χ0v) is 12.1. The van der Waals surface area contributed by atoms with Gasteiger partial charge in [0.05, 0.1) is 5.69 Å². The van der Waals surface area contributed by atoms with Crippen molar-refractivity contribution in [2.45, 2.75) is 13.0 Å². The predicted molar refractivity (Wildman–Crippen MR) is 84.4 cm³/mol. The summed E-state index contributed by atoms with van der Waals surface area (Å²) in [5.74, 6) is 0.0697. The van der Waals surface area contributed by atoms with Gasteiger partial charge >= 0.3 is 0 Å². The smallest absolute Gasteiger partial charge is 0.254 e. The second-order valence-corrected chi connectivity index (χ2v) is 5.53. The van der Waals surface area contributed by atoms with Crippen LogP contribution in [0.2, 0.25) is 0 Å². The van der Waals surface area contributed by atoms with Gasteiger partial charge in [-0.05, 0) is 22.9 Å². The van der Waals surface area contributed by atoms with E-state index < -0.39 is 0 Å². The maximum Gasteiger partial charge on any atom is 0.254 e. The summed E-state index contributed by atoms with van der Waals surface area (Å²) in [6.45, 7) is 1.29. The summed E-state index contributed by atoms with van der Waals surface area (Å²) in [6, 6.07) is 14.0. The molecular formula is C18H15N3O. The average Bonchev–Trinajstić information content (AvgIpc) is 2.60. The van der Waals surface area contributed by atoms with Gasteiger partial charge in [-0.25, -0.2) is 9.97 Å². The maximum absolute atomic E-state index is 12.7. The largest absolute Gasteiger partial charge is 0.334 e. The fourth-order valence-electron chi connectivity index (χ4n) is 2.94. The molecule has 2 heterocycles. The number of hydrogen-bond donors (Lipinski definition) is 0. The highest BCUT2D eigenvalue weighted by Crippen LogP contribution is 2.20. The van der Waals surface area contributed by atoms with Crippen molar-refractivity contribution in [3.63, 3.8) is 0 Å². The third-order valence-corrected chi connectivity index (χ3v) is 4.14. The number of benzene rings is 2. The summed E-state index contributed by atoms with van der Waals surface area (Å²) in [7, 11) is 0. The minimum Gasteiger partial charge on any atom is -0.334 e. The summed E-state index contributed by atoms with van der Waals surface area (Å²) in [5, 5.41) is 2.24. The molecule has 0 atom stereocenters. The Labute approximate surface area is 128 Å². The lowest BCUT2D eigenvalue weighted by atomic mass is 10.0. The Bertz CT molecular complexity index is 860. The standard InChI is InChI=1S/C18H15N3O/c22-18(15-6-5-13-3-1-2-4-14(13)9-15)21-8-7-17-16(11-21)10-19-12-20-17/h1-6,9-10,12H,7-8,11H2. The first kappa shape index (κ1) is 13.0. The van der Waals surface area contributed by atoms with Gasteiger partial charge < -0.3 is 4.90 Å². The highest BCUT2D eigenvalue weighted by molar-refractivity contribution is 5.98. The molecule has 0 fully saturated rings. The van der Waals surface area contributed by atoms with Gasteiger partial charge in [-0.3, -0.25) is 4.79 Å². The van der Waals surface area contributed by atoms with Gasteiger partial charge in [-0.2, -0.15) is 0 Å². The molecule has 4 heteroatoms. The van der Waals surface area contributed by atoms with E-state index in [2.05, 4.69) is 16.0 Å². The van der Waals surface area contributed by atoms with Crippen LogP contribution in [0.15, 0.2) is 55.0 Å². The van der Waals surface area contributed by atoms with Crippen molar-refractivity contribution in [1.29, 1.82) is 0 Å². The van der Waals surface area contributed by atoms with Gasteiger partial charge in [0.25, 0.3) is 5.91 Å². The van der Waals surface area contributed by atoms with Gasteiger partial charge in [-0.15, -0.1) is 0 Å². The second kappa shape index (κ2) is 5.22. The topological polar surface area (TPSA) is 46.1 Å². The van der Waals surface area contributed by atoms with Crippen molar-refractivity contribution in [1.82, 2.24) is 14.9 Å². The van der Waals surface area contributed by atoms with E-state index in [4.69, 9.17) is 0 Å². The zero-order valence-electron chi connectivity index (χ0n) is 12.1. The molecule has 0 saturated heterocycles. The third kappa shape index (κ3) is 2.22. The Morgan fingerprint density at radius 2 is 1.95 bits per heavy atom. The van der Waals surface area contributed by atoms with E-state index in [9.17, 15) is 4.79 Å². The van der Waals surface area contributed by atoms with Crippen LogP contribution in [0.1, 0.15) is 21.6 Å². The van der Waals surface area contributed by atoms with Crippen LogP contribution in [0.3, 0.4) is 0 Å². The Balaban J connectivity index is 1.64. The van der Waals surface area contributed by atoms with Crippen LogP contribution in [0.5, 0.6) is 0 Å². The van der Waals surface area contributed by atoms with Gasteiger partial charge in [0, 0.05) is 36.8 Å². The van der Waals surface area contributed by atoms with Crippen LogP contribution in [0.25, 0.3) is 10.8 Å². The van der Waals surface area contributed by atoms with Crippen LogP contribution in [0.4, 0.5) is 0 Å². The molecule has 22 heavy (non-hydrogen) atoms. The lowest BCUT2D eigenvalue weighted by molar-refractivity contribution is 0.0733. The van der Waals surface area contributed by atoms with Crippen LogP contribution in [-0.4, -0.2) is 27.3 Å². The third-order valence-electron chi connectivity index (χ3n) is 4.14. The average molecular weight is 289 g/mol. The molecule has 3 aromatic rings. The first-order valence-corrected chi connectivity index (χ1v) is 7.37. The first-order chi connectivity index (χ1) is 10.8. The molecule has 0 bridgehead atoms. The van der Waals surface area contributed by atoms with E-state index in [1.54, 1.807) is 6.33 Å². The highest BCUT2D eigenvalue weighted by atomic mass is 16.2. The maximum atomic E-state index is 12.7. The summed E-state index contributed by atoms with van der Waals surface area (Å²) >= 11 is 0. The molecule has 0 radical (unpaired) electrons. The van der Waals surface area contributed by atoms with E-state index in [0.717, 1.165) is 34.0 Å². The fourth-order valence-corrected chi connectivity index (χ4v) is 2.94. The van der Waals surface area contributed by atoms with Gasteiger partial charge in [0.15, 0.2) is 0 Å². The van der Waals surface area contributed by atoms with Crippen molar-refractivity contribution in [3.8, 4) is 0 Å². The van der Waals surface area contributed by atoms with E-state index in [1.165, 1.54) is 0 Å². The normalized spacial score (nSPS) is 13.9. The lowest BCUT2D eigenvalue weighted by Gasteiger charge is -2.28. The second-order valence-electron chi connectivity index (χ2n) is 5.53. The molecule has 4 rings (SSSR count). The van der Waals surface area contributed by atoms with Crippen molar-refractivity contribution in [2.75, 3.05) is 6.54 Å². The summed E-state index contributed by atoms with van der Waals surface area (Å²) in [5.41, 5.74) is 2.83. The molecular weight excluding hydrogens is 274 g/mol. The first-order valence-electron chi connectivity index (χ1n) is 7.37. The molecule has 1 aliphatic rings. The van der Waals surface area contributed by atoms with Gasteiger partial charge in [0.2, 0.25) is 0 Å². The van der Waals surface area contributed by atoms with Crippen molar-refractivity contribution >= 4 is 16.7 Å². The number of fused-ring (bicyclic) bond motifs is 2. The van der Waals surface area contributed by atoms with E-state index >= 15 is 0 Å².